The fourth-order valence-electron chi connectivity index (χ4n) is 1.32. The fourth-order valence-corrected chi connectivity index (χ4v) is 7.35. The molecular weight excluding hydrogens is 307 g/mol. The smallest absolute Gasteiger partial charge is 0.247 e. The lowest BCUT2D eigenvalue weighted by molar-refractivity contribution is 0.155. The Morgan fingerprint density at radius 1 is 1.00 bits per heavy atom. The first-order chi connectivity index (χ1) is 8.87. The summed E-state index contributed by atoms with van der Waals surface area (Å²) in [6.07, 6.45) is 2.32. The van der Waals surface area contributed by atoms with Gasteiger partial charge in [-0.2, -0.15) is 0 Å². The molecular formula is C15H33O2PS2. The van der Waals surface area contributed by atoms with Crippen LogP contribution in [0.25, 0.3) is 0 Å². The second-order valence-corrected chi connectivity index (χ2v) is 14.5. The standard InChI is InChI=1S/C15H33O2PS2/c1-9-10-13(2)20-18(19,16-11-14(3,4)5)17-12-15(6,7)8/h13H,9-12H2,1-8H3. The number of rotatable bonds is 8. The van der Waals surface area contributed by atoms with Crippen LogP contribution >= 0.6 is 17.1 Å². The van der Waals surface area contributed by atoms with Gasteiger partial charge in [-0.15, -0.1) is 0 Å². The highest BCUT2D eigenvalue weighted by Gasteiger charge is 2.28. The van der Waals surface area contributed by atoms with Crippen molar-refractivity contribution in [3.63, 3.8) is 0 Å². The summed E-state index contributed by atoms with van der Waals surface area (Å²) in [6, 6.07) is 0. The molecule has 0 amide bonds. The van der Waals surface area contributed by atoms with Gasteiger partial charge in [-0.1, -0.05) is 73.2 Å². The second-order valence-electron chi connectivity index (χ2n) is 7.82. The van der Waals surface area contributed by atoms with E-state index in [0.29, 0.717) is 18.5 Å². The van der Waals surface area contributed by atoms with Crippen LogP contribution in [-0.4, -0.2) is 18.5 Å². The third kappa shape index (κ3) is 11.6. The summed E-state index contributed by atoms with van der Waals surface area (Å²) in [5, 5.41) is 0.491. The van der Waals surface area contributed by atoms with Gasteiger partial charge in [0.2, 0.25) is 5.69 Å². The molecule has 2 nitrogen and oxygen atoms in total. The summed E-state index contributed by atoms with van der Waals surface area (Å²) in [4.78, 5) is 0. The summed E-state index contributed by atoms with van der Waals surface area (Å²) in [5.74, 6) is 0. The molecule has 5 heteroatoms. The van der Waals surface area contributed by atoms with Crippen LogP contribution in [0, 0.1) is 10.8 Å². The minimum Gasteiger partial charge on any atom is -0.321 e. The zero-order valence-corrected chi connectivity index (χ0v) is 17.0. The van der Waals surface area contributed by atoms with Gasteiger partial charge in [0.25, 0.3) is 0 Å². The first-order valence-corrected chi connectivity index (χ1v) is 11.6. The number of hydrogen-bond acceptors (Lipinski definition) is 4. The van der Waals surface area contributed by atoms with E-state index >= 15 is 0 Å². The van der Waals surface area contributed by atoms with Gasteiger partial charge >= 0.3 is 0 Å². The summed E-state index contributed by atoms with van der Waals surface area (Å²) in [7, 11) is 0. The topological polar surface area (TPSA) is 18.5 Å². The lowest BCUT2D eigenvalue weighted by Crippen LogP contribution is -2.17. The molecule has 0 aliphatic heterocycles. The molecule has 0 fully saturated rings. The van der Waals surface area contributed by atoms with Gasteiger partial charge in [0.1, 0.15) is 0 Å². The summed E-state index contributed by atoms with van der Waals surface area (Å²) in [5.41, 5.74) is -2.02. The van der Waals surface area contributed by atoms with Crippen LogP contribution in [0.1, 0.15) is 68.2 Å². The molecule has 1 atom stereocenters. The quantitative estimate of drug-likeness (QED) is 0.485. The maximum atomic E-state index is 6.07. The van der Waals surface area contributed by atoms with E-state index < -0.39 is 5.69 Å². The third-order valence-corrected chi connectivity index (χ3v) is 7.95. The molecule has 0 spiro atoms. The summed E-state index contributed by atoms with van der Waals surface area (Å²) in [6.45, 7) is 18.7. The molecule has 0 saturated heterocycles. The summed E-state index contributed by atoms with van der Waals surface area (Å²) < 4.78 is 12.1. The first-order valence-electron chi connectivity index (χ1n) is 7.44. The van der Waals surface area contributed by atoms with Crippen LogP contribution < -0.4 is 0 Å². The normalized spacial score (nSPS) is 15.4. The lowest BCUT2D eigenvalue weighted by Gasteiger charge is -2.30. The minimum atomic E-state index is -2.25. The molecule has 0 aromatic rings. The van der Waals surface area contributed by atoms with E-state index in [1.165, 1.54) is 6.42 Å². The Morgan fingerprint density at radius 2 is 1.40 bits per heavy atom. The van der Waals surface area contributed by atoms with Crippen molar-refractivity contribution in [3.8, 4) is 0 Å². The first kappa shape index (κ1) is 20.9. The van der Waals surface area contributed by atoms with Gasteiger partial charge < -0.3 is 9.05 Å². The van der Waals surface area contributed by atoms with E-state index in [9.17, 15) is 0 Å². The van der Waals surface area contributed by atoms with Gasteiger partial charge in [-0.05, 0) is 29.1 Å². The molecule has 0 heterocycles. The van der Waals surface area contributed by atoms with Crippen molar-refractivity contribution in [2.45, 2.75) is 73.5 Å². The number of hydrogen-bond donors (Lipinski definition) is 0. The molecule has 0 aromatic heterocycles. The monoisotopic (exact) mass is 340 g/mol. The maximum absolute atomic E-state index is 6.07. The van der Waals surface area contributed by atoms with Gasteiger partial charge in [-0.3, -0.25) is 0 Å². The van der Waals surface area contributed by atoms with E-state index in [4.69, 9.17) is 20.9 Å². The van der Waals surface area contributed by atoms with Crippen LogP contribution in [0.2, 0.25) is 0 Å². The highest BCUT2D eigenvalue weighted by molar-refractivity contribution is 8.68. The van der Waals surface area contributed by atoms with Crippen LogP contribution in [0.4, 0.5) is 0 Å². The largest absolute Gasteiger partial charge is 0.321 e. The van der Waals surface area contributed by atoms with Crippen molar-refractivity contribution < 1.29 is 9.05 Å². The average Bonchev–Trinajstić information content (AvgIpc) is 2.22. The van der Waals surface area contributed by atoms with Gasteiger partial charge in [0.15, 0.2) is 0 Å². The molecule has 0 aliphatic carbocycles. The molecule has 0 rings (SSSR count). The summed E-state index contributed by atoms with van der Waals surface area (Å²) >= 11 is 7.49. The van der Waals surface area contributed by atoms with Gasteiger partial charge in [0, 0.05) is 5.25 Å². The Kier molecular flexibility index (Phi) is 8.92. The predicted molar refractivity (Wildman–Crippen MR) is 97.1 cm³/mol. The van der Waals surface area contributed by atoms with E-state index in [1.807, 2.05) is 0 Å². The molecule has 20 heavy (non-hydrogen) atoms. The van der Waals surface area contributed by atoms with Crippen molar-refractivity contribution in [1.29, 1.82) is 0 Å². The Balaban J connectivity index is 4.70. The Bertz CT molecular complexity index is 297. The zero-order chi connectivity index (χ0) is 16.0. The van der Waals surface area contributed by atoms with Crippen molar-refractivity contribution in [3.05, 3.63) is 0 Å². The average molecular weight is 341 g/mol. The van der Waals surface area contributed by atoms with E-state index in [2.05, 4.69) is 55.4 Å². The SMILES string of the molecule is CCCC(C)SP(=S)(OCC(C)(C)C)OCC(C)(C)C. The highest BCUT2D eigenvalue weighted by atomic mass is 32.9. The minimum absolute atomic E-state index is 0.115. The van der Waals surface area contributed by atoms with Crippen LogP contribution in [-0.2, 0) is 20.9 Å². The van der Waals surface area contributed by atoms with E-state index in [0.717, 1.165) is 6.42 Å². The fraction of sp³-hybridized carbons (Fsp3) is 1.00. The third-order valence-electron chi connectivity index (χ3n) is 2.32. The van der Waals surface area contributed by atoms with Crippen molar-refractivity contribution in [2.75, 3.05) is 13.2 Å². The molecule has 0 aliphatic rings. The van der Waals surface area contributed by atoms with Crippen LogP contribution in [0.15, 0.2) is 0 Å². The van der Waals surface area contributed by atoms with Crippen LogP contribution in [0.3, 0.4) is 0 Å². The molecule has 0 radical (unpaired) electrons. The van der Waals surface area contributed by atoms with Crippen molar-refractivity contribution in [2.24, 2.45) is 10.8 Å². The zero-order valence-electron chi connectivity index (χ0n) is 14.5. The Hall–Kier alpha value is 0.920. The molecule has 122 valence electrons. The Labute approximate surface area is 135 Å². The molecule has 0 aromatic carbocycles. The second kappa shape index (κ2) is 8.53. The Morgan fingerprint density at radius 3 is 1.70 bits per heavy atom. The van der Waals surface area contributed by atoms with Crippen molar-refractivity contribution >= 4 is 28.9 Å². The van der Waals surface area contributed by atoms with E-state index in [1.54, 1.807) is 11.4 Å². The lowest BCUT2D eigenvalue weighted by atomic mass is 9.99. The molecule has 0 saturated carbocycles. The molecule has 0 N–H and O–H groups in total. The predicted octanol–water partition coefficient (Wildman–Crippen LogP) is 6.26. The van der Waals surface area contributed by atoms with Gasteiger partial charge in [0.05, 0.1) is 13.2 Å². The van der Waals surface area contributed by atoms with Crippen molar-refractivity contribution in [1.82, 2.24) is 0 Å². The highest BCUT2D eigenvalue weighted by Crippen LogP contribution is 2.64. The van der Waals surface area contributed by atoms with Crippen LogP contribution in [0.5, 0.6) is 0 Å². The van der Waals surface area contributed by atoms with Gasteiger partial charge in [-0.25, -0.2) is 0 Å². The maximum Gasteiger partial charge on any atom is 0.247 e. The molecule has 1 unspecified atom stereocenters. The van der Waals surface area contributed by atoms with E-state index in [-0.39, 0.29) is 10.8 Å². The molecule has 0 bridgehead atoms.